The molecule has 1 saturated heterocycles. The summed E-state index contributed by atoms with van der Waals surface area (Å²) in [7, 11) is 0. The summed E-state index contributed by atoms with van der Waals surface area (Å²) in [6.07, 6.45) is 2.97. The average Bonchev–Trinajstić information content (AvgIpc) is 3.11. The third-order valence-electron chi connectivity index (χ3n) is 4.78. The fourth-order valence-corrected chi connectivity index (χ4v) is 2.93. The Morgan fingerprint density at radius 3 is 2.17 bits per heavy atom. The lowest BCUT2D eigenvalue weighted by atomic mass is 9.81. The summed E-state index contributed by atoms with van der Waals surface area (Å²) in [5.74, 6) is 0.344. The van der Waals surface area contributed by atoms with Crippen LogP contribution in [0.4, 0.5) is 0 Å². The van der Waals surface area contributed by atoms with E-state index in [0.29, 0.717) is 38.5 Å². The van der Waals surface area contributed by atoms with Crippen LogP contribution in [0.25, 0.3) is 0 Å². The van der Waals surface area contributed by atoms with Crippen molar-refractivity contribution in [2.45, 2.75) is 26.7 Å². The number of nitrogens with two attached hydrogens (primary N) is 1. The number of rotatable bonds is 5. The first kappa shape index (κ1) is 19.5. The van der Waals surface area contributed by atoms with Crippen LogP contribution in [0.3, 0.4) is 0 Å². The zero-order valence-corrected chi connectivity index (χ0v) is 14.6. The van der Waals surface area contributed by atoms with Crippen molar-refractivity contribution < 1.29 is 14.0 Å². The molecule has 2 heterocycles. The molecule has 1 aliphatic rings. The number of halogens is 1. The van der Waals surface area contributed by atoms with Crippen molar-refractivity contribution in [3.05, 3.63) is 24.2 Å². The first-order valence-electron chi connectivity index (χ1n) is 7.90. The Labute approximate surface area is 143 Å². The van der Waals surface area contributed by atoms with Gasteiger partial charge >= 0.3 is 0 Å². The van der Waals surface area contributed by atoms with Crippen LogP contribution in [0.5, 0.6) is 0 Å². The second-order valence-electron chi connectivity index (χ2n) is 5.75. The third kappa shape index (κ3) is 3.87. The van der Waals surface area contributed by atoms with E-state index in [1.165, 1.54) is 6.26 Å². The number of hydrogen-bond acceptors (Lipinski definition) is 4. The molecule has 0 spiro atoms. The number of carbonyl (C=O) groups is 2. The normalized spacial score (nSPS) is 15.3. The molecule has 0 aliphatic carbocycles. The lowest BCUT2D eigenvalue weighted by molar-refractivity contribution is -0.143. The van der Waals surface area contributed by atoms with Gasteiger partial charge in [0.05, 0.1) is 11.7 Å². The lowest BCUT2D eigenvalue weighted by Crippen LogP contribution is -2.55. The van der Waals surface area contributed by atoms with E-state index in [1.54, 1.807) is 17.0 Å². The number of amides is 2. The van der Waals surface area contributed by atoms with Crippen LogP contribution in [0.1, 0.15) is 37.2 Å². The van der Waals surface area contributed by atoms with E-state index in [1.807, 2.05) is 18.7 Å². The predicted octanol–water partition coefficient (Wildman–Crippen LogP) is 1.75. The highest BCUT2D eigenvalue weighted by Gasteiger charge is 2.38. The van der Waals surface area contributed by atoms with Gasteiger partial charge in [0.2, 0.25) is 5.91 Å². The van der Waals surface area contributed by atoms with E-state index in [4.69, 9.17) is 10.2 Å². The van der Waals surface area contributed by atoms with E-state index >= 15 is 0 Å². The van der Waals surface area contributed by atoms with Gasteiger partial charge in [-0.15, -0.1) is 12.4 Å². The van der Waals surface area contributed by atoms with Crippen LogP contribution in [-0.2, 0) is 4.79 Å². The van der Waals surface area contributed by atoms with Gasteiger partial charge in [-0.3, -0.25) is 9.59 Å². The first-order valence-corrected chi connectivity index (χ1v) is 7.90. The summed E-state index contributed by atoms with van der Waals surface area (Å²) in [5, 5.41) is 0. The molecule has 130 valence electrons. The molecule has 23 heavy (non-hydrogen) atoms. The maximum Gasteiger partial charge on any atom is 0.289 e. The molecule has 0 unspecified atom stereocenters. The molecule has 2 N–H and O–H groups in total. The molecule has 6 nitrogen and oxygen atoms in total. The van der Waals surface area contributed by atoms with Crippen LogP contribution in [0.15, 0.2) is 22.8 Å². The second-order valence-corrected chi connectivity index (χ2v) is 5.75. The van der Waals surface area contributed by atoms with Crippen LogP contribution in [0, 0.1) is 5.41 Å². The molecule has 0 saturated carbocycles. The number of hydrogen-bond donors (Lipinski definition) is 1. The van der Waals surface area contributed by atoms with Gasteiger partial charge in [0, 0.05) is 32.7 Å². The van der Waals surface area contributed by atoms with Crippen LogP contribution in [0.2, 0.25) is 0 Å². The smallest absolute Gasteiger partial charge is 0.289 e. The fourth-order valence-electron chi connectivity index (χ4n) is 2.93. The molecular formula is C16H26ClN3O3. The van der Waals surface area contributed by atoms with Crippen LogP contribution >= 0.6 is 12.4 Å². The topological polar surface area (TPSA) is 79.8 Å². The van der Waals surface area contributed by atoms with Gasteiger partial charge in [-0.2, -0.15) is 0 Å². The molecule has 7 heteroatoms. The van der Waals surface area contributed by atoms with Gasteiger partial charge in [-0.05, 0) is 25.0 Å². The fraction of sp³-hybridized carbons (Fsp3) is 0.625. The molecule has 2 rings (SSSR count). The van der Waals surface area contributed by atoms with Gasteiger partial charge < -0.3 is 20.0 Å². The molecular weight excluding hydrogens is 318 g/mol. The minimum atomic E-state index is -0.465. The third-order valence-corrected chi connectivity index (χ3v) is 4.78. The van der Waals surface area contributed by atoms with Gasteiger partial charge in [-0.1, -0.05) is 13.8 Å². The number of piperazine rings is 1. The maximum atomic E-state index is 12.7. The monoisotopic (exact) mass is 343 g/mol. The van der Waals surface area contributed by atoms with Crippen molar-refractivity contribution in [2.24, 2.45) is 11.1 Å². The van der Waals surface area contributed by atoms with Crippen molar-refractivity contribution in [2.75, 3.05) is 32.7 Å². The number of nitrogens with zero attached hydrogens (tertiary/aromatic N) is 2. The summed E-state index contributed by atoms with van der Waals surface area (Å²) in [6.45, 7) is 6.53. The summed E-state index contributed by atoms with van der Waals surface area (Å²) in [5.41, 5.74) is 5.39. The van der Waals surface area contributed by atoms with E-state index in [2.05, 4.69) is 0 Å². The van der Waals surface area contributed by atoms with Gasteiger partial charge in [0.25, 0.3) is 5.91 Å². The van der Waals surface area contributed by atoms with E-state index in [-0.39, 0.29) is 24.2 Å². The van der Waals surface area contributed by atoms with Crippen molar-refractivity contribution >= 4 is 24.2 Å². The zero-order valence-electron chi connectivity index (χ0n) is 13.8. The van der Waals surface area contributed by atoms with E-state index in [0.717, 1.165) is 12.8 Å². The highest BCUT2D eigenvalue weighted by atomic mass is 35.5. The predicted molar refractivity (Wildman–Crippen MR) is 90.5 cm³/mol. The molecule has 1 aromatic rings. The Kier molecular flexibility index (Phi) is 7.09. The maximum absolute atomic E-state index is 12.7. The Morgan fingerprint density at radius 1 is 1.17 bits per heavy atom. The van der Waals surface area contributed by atoms with Gasteiger partial charge in [0.1, 0.15) is 0 Å². The molecule has 1 aliphatic heterocycles. The summed E-state index contributed by atoms with van der Waals surface area (Å²) >= 11 is 0. The van der Waals surface area contributed by atoms with Crippen molar-refractivity contribution in [1.82, 2.24) is 9.80 Å². The Morgan fingerprint density at radius 2 is 1.74 bits per heavy atom. The molecule has 0 bridgehead atoms. The van der Waals surface area contributed by atoms with Crippen molar-refractivity contribution in [3.8, 4) is 0 Å². The molecule has 0 atom stereocenters. The minimum absolute atomic E-state index is 0. The van der Waals surface area contributed by atoms with E-state index in [9.17, 15) is 9.59 Å². The molecule has 2 amide bonds. The van der Waals surface area contributed by atoms with Gasteiger partial charge in [0.15, 0.2) is 5.76 Å². The van der Waals surface area contributed by atoms with E-state index < -0.39 is 5.41 Å². The molecule has 1 fully saturated rings. The Balaban J connectivity index is 0.00000264. The quantitative estimate of drug-likeness (QED) is 0.883. The van der Waals surface area contributed by atoms with Crippen molar-refractivity contribution in [1.29, 1.82) is 0 Å². The van der Waals surface area contributed by atoms with Gasteiger partial charge in [-0.25, -0.2) is 0 Å². The Hall–Kier alpha value is -1.53. The summed E-state index contributed by atoms with van der Waals surface area (Å²) in [4.78, 5) is 28.5. The second kappa shape index (κ2) is 8.36. The lowest BCUT2D eigenvalue weighted by Gasteiger charge is -2.40. The minimum Gasteiger partial charge on any atom is -0.459 e. The molecule has 1 aromatic heterocycles. The highest BCUT2D eigenvalue weighted by Crippen LogP contribution is 2.28. The number of carbonyl (C=O) groups excluding carboxylic acids is 2. The Bertz CT molecular complexity index is 498. The zero-order chi connectivity index (χ0) is 16.2. The SMILES string of the molecule is CCC(CC)(CN)C(=O)N1CCN(C(=O)c2ccco2)CC1.Cl. The molecule has 0 radical (unpaired) electrons. The summed E-state index contributed by atoms with van der Waals surface area (Å²) < 4.78 is 5.14. The molecule has 0 aromatic carbocycles. The summed E-state index contributed by atoms with van der Waals surface area (Å²) in [6, 6.07) is 3.36. The standard InChI is InChI=1S/C16H25N3O3.ClH/c1-3-16(4-2,12-17)15(21)19-9-7-18(8-10-19)14(20)13-6-5-11-22-13;/h5-6,11H,3-4,7-10,12,17H2,1-2H3;1H. The largest absolute Gasteiger partial charge is 0.459 e. The van der Waals surface area contributed by atoms with Crippen molar-refractivity contribution in [3.63, 3.8) is 0 Å². The number of furan rings is 1. The van der Waals surface area contributed by atoms with Crippen LogP contribution < -0.4 is 5.73 Å². The first-order chi connectivity index (χ1) is 10.6. The van der Waals surface area contributed by atoms with Crippen LogP contribution in [-0.4, -0.2) is 54.3 Å². The average molecular weight is 344 g/mol. The highest BCUT2D eigenvalue weighted by molar-refractivity contribution is 5.91.